The molecule has 2 aliphatic rings. The van der Waals surface area contributed by atoms with E-state index in [1.165, 1.54) is 31.1 Å². The second kappa shape index (κ2) is 8.35. The number of ether oxygens (including phenoxy) is 1. The molecular weight excluding hydrogens is 354 g/mol. The van der Waals surface area contributed by atoms with Crippen LogP contribution in [-0.2, 0) is 28.9 Å². The number of hydrogen-bond acceptors (Lipinski definition) is 4. The number of hydrogen-bond donors (Lipinski definition) is 2. The molecule has 1 aromatic carbocycles. The van der Waals surface area contributed by atoms with Gasteiger partial charge in [-0.2, -0.15) is 0 Å². The fraction of sp³-hybridized carbons (Fsp3) is 0.545. The molecule has 1 atom stereocenters. The van der Waals surface area contributed by atoms with Crippen molar-refractivity contribution in [3.63, 3.8) is 0 Å². The van der Waals surface area contributed by atoms with Crippen LogP contribution < -0.4 is 11.0 Å². The highest BCUT2D eigenvalue weighted by Gasteiger charge is 2.25. The van der Waals surface area contributed by atoms with Crippen molar-refractivity contribution in [2.24, 2.45) is 11.8 Å². The second-order valence-corrected chi connectivity index (χ2v) is 8.06. The van der Waals surface area contributed by atoms with Gasteiger partial charge in [-0.3, -0.25) is 9.36 Å². The smallest absolute Gasteiger partial charge is 0.325 e. The van der Waals surface area contributed by atoms with E-state index in [0.717, 1.165) is 56.6 Å². The van der Waals surface area contributed by atoms with E-state index in [-0.39, 0.29) is 17.6 Å². The standard InChI is InChI=1S/C22H29N3O3/c1-28-21(26)19-5-3-16-12-18(4-2-17(16)13-19)20-14-24-22(27)25(20)11-8-15-6-9-23-10-7-15/h2,4,12,14-15,19,23H,3,5-11,13H2,1H3,(H,24,27). The number of carbonyl (C=O) groups excluding carboxylic acids is 1. The maximum absolute atomic E-state index is 12.4. The van der Waals surface area contributed by atoms with Gasteiger partial charge in [0.05, 0.1) is 18.7 Å². The summed E-state index contributed by atoms with van der Waals surface area (Å²) in [4.78, 5) is 27.1. The van der Waals surface area contributed by atoms with Gasteiger partial charge in [0.2, 0.25) is 0 Å². The van der Waals surface area contributed by atoms with E-state index >= 15 is 0 Å². The van der Waals surface area contributed by atoms with Crippen LogP contribution in [0.25, 0.3) is 11.3 Å². The Morgan fingerprint density at radius 3 is 2.82 bits per heavy atom. The SMILES string of the molecule is COC(=O)C1CCc2cc(-c3c[nH]c(=O)n3CCC3CCNCC3)ccc2C1. The van der Waals surface area contributed by atoms with Crippen LogP contribution in [0.15, 0.2) is 29.2 Å². The molecule has 6 heteroatoms. The van der Waals surface area contributed by atoms with Crippen LogP contribution in [0.3, 0.4) is 0 Å². The summed E-state index contributed by atoms with van der Waals surface area (Å²) in [5.74, 6) is 0.528. The molecular formula is C22H29N3O3. The minimum atomic E-state index is -0.118. The van der Waals surface area contributed by atoms with Crippen LogP contribution in [0.5, 0.6) is 0 Å². The zero-order valence-electron chi connectivity index (χ0n) is 16.5. The molecule has 2 N–H and O–H groups in total. The lowest BCUT2D eigenvalue weighted by molar-refractivity contribution is -0.145. The number of nitrogens with zero attached hydrogens (tertiary/aromatic N) is 1. The summed E-state index contributed by atoms with van der Waals surface area (Å²) in [6.07, 6.45) is 7.66. The maximum atomic E-state index is 12.4. The highest BCUT2D eigenvalue weighted by Crippen LogP contribution is 2.30. The largest absolute Gasteiger partial charge is 0.469 e. The number of aromatic nitrogens is 2. The first-order valence-electron chi connectivity index (χ1n) is 10.3. The van der Waals surface area contributed by atoms with Crippen molar-refractivity contribution in [2.75, 3.05) is 20.2 Å². The van der Waals surface area contributed by atoms with Crippen LogP contribution in [0.1, 0.15) is 36.8 Å². The summed E-state index contributed by atoms with van der Waals surface area (Å²) in [5, 5.41) is 3.40. The third-order valence-electron chi connectivity index (χ3n) is 6.35. The molecule has 1 aliphatic heterocycles. The molecule has 0 saturated carbocycles. The summed E-state index contributed by atoms with van der Waals surface area (Å²) in [5.41, 5.74) is 4.48. The number of H-pyrrole nitrogens is 1. The van der Waals surface area contributed by atoms with Crippen molar-refractivity contribution in [3.05, 3.63) is 46.0 Å². The van der Waals surface area contributed by atoms with Gasteiger partial charge in [-0.15, -0.1) is 0 Å². The fourth-order valence-electron chi connectivity index (χ4n) is 4.62. The molecule has 6 nitrogen and oxygen atoms in total. The molecule has 4 rings (SSSR count). The molecule has 2 heterocycles. The Morgan fingerprint density at radius 1 is 1.21 bits per heavy atom. The topological polar surface area (TPSA) is 76.1 Å². The van der Waals surface area contributed by atoms with Crippen LogP contribution in [0, 0.1) is 11.8 Å². The number of esters is 1. The van der Waals surface area contributed by atoms with E-state index in [1.54, 1.807) is 0 Å². The normalized spacial score (nSPS) is 20.0. The minimum Gasteiger partial charge on any atom is -0.469 e. The highest BCUT2D eigenvalue weighted by molar-refractivity contribution is 5.73. The van der Waals surface area contributed by atoms with Gasteiger partial charge < -0.3 is 15.0 Å². The molecule has 1 unspecified atom stereocenters. The Morgan fingerprint density at radius 2 is 2.04 bits per heavy atom. The minimum absolute atomic E-state index is 0.0348. The van der Waals surface area contributed by atoms with E-state index in [9.17, 15) is 9.59 Å². The van der Waals surface area contributed by atoms with Crippen molar-refractivity contribution in [1.82, 2.24) is 14.9 Å². The first-order valence-corrected chi connectivity index (χ1v) is 10.3. The Kier molecular flexibility index (Phi) is 5.67. The van der Waals surface area contributed by atoms with Gasteiger partial charge in [0.15, 0.2) is 0 Å². The van der Waals surface area contributed by atoms with E-state index in [0.29, 0.717) is 5.92 Å². The van der Waals surface area contributed by atoms with Gasteiger partial charge in [0.1, 0.15) is 0 Å². The zero-order chi connectivity index (χ0) is 19.5. The molecule has 2 aromatic rings. The average Bonchev–Trinajstić information content (AvgIpc) is 3.12. The molecule has 0 bridgehead atoms. The second-order valence-electron chi connectivity index (χ2n) is 8.06. The molecule has 0 amide bonds. The van der Waals surface area contributed by atoms with Crippen molar-refractivity contribution >= 4 is 5.97 Å². The number of rotatable bonds is 5. The van der Waals surface area contributed by atoms with Gasteiger partial charge >= 0.3 is 11.7 Å². The lowest BCUT2D eigenvalue weighted by Gasteiger charge is -2.24. The fourth-order valence-corrected chi connectivity index (χ4v) is 4.62. The van der Waals surface area contributed by atoms with E-state index in [2.05, 4.69) is 28.5 Å². The quantitative estimate of drug-likeness (QED) is 0.778. The third-order valence-corrected chi connectivity index (χ3v) is 6.35. The summed E-state index contributed by atoms with van der Waals surface area (Å²) >= 11 is 0. The van der Waals surface area contributed by atoms with Gasteiger partial charge in [-0.25, -0.2) is 4.79 Å². The van der Waals surface area contributed by atoms with E-state index in [4.69, 9.17) is 4.74 Å². The van der Waals surface area contributed by atoms with Gasteiger partial charge in [0.25, 0.3) is 0 Å². The molecule has 1 fully saturated rings. The monoisotopic (exact) mass is 383 g/mol. The van der Waals surface area contributed by atoms with Crippen molar-refractivity contribution in [2.45, 2.75) is 45.1 Å². The predicted molar refractivity (Wildman–Crippen MR) is 108 cm³/mol. The molecule has 150 valence electrons. The number of carbonyl (C=O) groups is 1. The lowest BCUT2D eigenvalue weighted by Crippen LogP contribution is -2.29. The van der Waals surface area contributed by atoms with E-state index in [1.807, 2.05) is 10.8 Å². The highest BCUT2D eigenvalue weighted by atomic mass is 16.5. The number of imidazole rings is 1. The number of aryl methyl sites for hydroxylation is 1. The molecule has 0 spiro atoms. The van der Waals surface area contributed by atoms with Crippen molar-refractivity contribution in [1.29, 1.82) is 0 Å². The van der Waals surface area contributed by atoms with Crippen molar-refractivity contribution in [3.8, 4) is 11.3 Å². The van der Waals surface area contributed by atoms with E-state index < -0.39 is 0 Å². The number of nitrogens with one attached hydrogen (secondary N) is 2. The Hall–Kier alpha value is -2.34. The van der Waals surface area contributed by atoms with Gasteiger partial charge in [0, 0.05) is 18.3 Å². The summed E-state index contributed by atoms with van der Waals surface area (Å²) in [6, 6.07) is 6.36. The predicted octanol–water partition coefficient (Wildman–Crippen LogP) is 2.51. The summed E-state index contributed by atoms with van der Waals surface area (Å²) in [7, 11) is 1.45. The molecule has 0 radical (unpaired) electrons. The number of piperidine rings is 1. The van der Waals surface area contributed by atoms with Gasteiger partial charge in [-0.05, 0) is 74.7 Å². The van der Waals surface area contributed by atoms with Gasteiger partial charge in [-0.1, -0.05) is 12.1 Å². The lowest BCUT2D eigenvalue weighted by atomic mass is 9.83. The number of benzene rings is 1. The molecule has 1 aromatic heterocycles. The Balaban J connectivity index is 1.52. The molecule has 1 aliphatic carbocycles. The number of methoxy groups -OCH3 is 1. The molecule has 1 saturated heterocycles. The van der Waals surface area contributed by atoms with Crippen LogP contribution in [-0.4, -0.2) is 35.7 Å². The third kappa shape index (κ3) is 3.92. The summed E-state index contributed by atoms with van der Waals surface area (Å²) < 4.78 is 6.79. The Bertz CT molecular complexity index is 893. The molecule has 28 heavy (non-hydrogen) atoms. The van der Waals surface area contributed by atoms with Crippen LogP contribution in [0.2, 0.25) is 0 Å². The Labute approximate surface area is 165 Å². The first kappa shape index (κ1) is 19.0. The van der Waals surface area contributed by atoms with Crippen molar-refractivity contribution < 1.29 is 9.53 Å². The maximum Gasteiger partial charge on any atom is 0.325 e. The number of aromatic amines is 1. The van der Waals surface area contributed by atoms with Crippen LogP contribution >= 0.6 is 0 Å². The summed E-state index contributed by atoms with van der Waals surface area (Å²) in [6.45, 7) is 2.91. The van der Waals surface area contributed by atoms with Crippen LogP contribution in [0.4, 0.5) is 0 Å². The average molecular weight is 383 g/mol. The zero-order valence-corrected chi connectivity index (χ0v) is 16.5. The number of fused-ring (bicyclic) bond motifs is 1. The first-order chi connectivity index (χ1) is 13.7.